The first-order valence-corrected chi connectivity index (χ1v) is 15.3. The Morgan fingerprint density at radius 3 is 1.81 bits per heavy atom. The molecule has 2 atom stereocenters. The smallest absolute Gasteiger partial charge is 0.306 e. The Bertz CT molecular complexity index is 881. The van der Waals surface area contributed by atoms with Gasteiger partial charge in [-0.3, -0.25) is 9.59 Å². The van der Waals surface area contributed by atoms with Gasteiger partial charge in [-0.25, -0.2) is 0 Å². The molecule has 42 heavy (non-hydrogen) atoms. The van der Waals surface area contributed by atoms with E-state index in [4.69, 9.17) is 14.2 Å². The number of unbranched alkanes of at least 4 members (excludes halogenated alkanes) is 1. The summed E-state index contributed by atoms with van der Waals surface area (Å²) < 4.78 is 16.8. The third-order valence-corrected chi connectivity index (χ3v) is 6.16. The maximum atomic E-state index is 12.5. The van der Waals surface area contributed by atoms with Gasteiger partial charge in [-0.05, 0) is 51.4 Å². The van der Waals surface area contributed by atoms with E-state index < -0.39 is 24.1 Å². The van der Waals surface area contributed by atoms with Gasteiger partial charge in [0.15, 0.2) is 6.10 Å². The summed E-state index contributed by atoms with van der Waals surface area (Å²) in [4.78, 5) is 36.2. The predicted octanol–water partition coefficient (Wildman–Crippen LogP) is 5.39. The molecule has 238 valence electrons. The zero-order valence-corrected chi connectivity index (χ0v) is 26.6. The molecule has 8 heteroatoms. The summed E-state index contributed by atoms with van der Waals surface area (Å²) in [6.45, 7) is 4.21. The van der Waals surface area contributed by atoms with Crippen LogP contribution in [0, 0.1) is 0 Å². The van der Waals surface area contributed by atoms with Crippen LogP contribution in [0.1, 0.15) is 84.5 Å². The van der Waals surface area contributed by atoms with Gasteiger partial charge in [-0.1, -0.05) is 74.6 Å². The fourth-order valence-corrected chi connectivity index (χ4v) is 3.80. The molecule has 0 saturated heterocycles. The standard InChI is InChI=1S/C34H55NO7/c1-6-8-10-12-14-15-16-17-19-21-23-25-33(37)42-30(28-40-27-26-31(34(38)39)35(3,4)5)29-41-32(36)24-22-20-18-13-11-9-7-2/h8-11,14-15,17-20,30-31H,6-7,12-13,16,21-29H2,1-5H3/b10-8+,11-9+,15-14+,19-17+,20-18+. The maximum Gasteiger partial charge on any atom is 0.306 e. The van der Waals surface area contributed by atoms with Crippen molar-refractivity contribution >= 4 is 17.9 Å². The average Bonchev–Trinajstić information content (AvgIpc) is 2.92. The van der Waals surface area contributed by atoms with Crippen LogP contribution in [0.4, 0.5) is 0 Å². The van der Waals surface area contributed by atoms with Gasteiger partial charge in [-0.15, -0.1) is 0 Å². The van der Waals surface area contributed by atoms with Crippen molar-refractivity contribution in [1.29, 1.82) is 0 Å². The minimum Gasteiger partial charge on any atom is -0.544 e. The number of hydrogen-bond donors (Lipinski definition) is 0. The van der Waals surface area contributed by atoms with E-state index in [0.29, 0.717) is 12.8 Å². The fraction of sp³-hybridized carbons (Fsp3) is 0.618. The van der Waals surface area contributed by atoms with Crippen LogP contribution in [0.15, 0.2) is 60.8 Å². The Morgan fingerprint density at radius 1 is 0.714 bits per heavy atom. The third kappa shape index (κ3) is 23.7. The van der Waals surface area contributed by atoms with E-state index in [2.05, 4.69) is 62.5 Å². The summed E-state index contributed by atoms with van der Waals surface area (Å²) in [7, 11) is 5.33. The Hall–Kier alpha value is -2.97. The minimum atomic E-state index is -1.15. The van der Waals surface area contributed by atoms with Gasteiger partial charge >= 0.3 is 11.9 Å². The van der Waals surface area contributed by atoms with Crippen LogP contribution in [0.5, 0.6) is 0 Å². The highest BCUT2D eigenvalue weighted by Gasteiger charge is 2.25. The molecular formula is C34H55NO7. The van der Waals surface area contributed by atoms with Crippen molar-refractivity contribution in [3.63, 3.8) is 0 Å². The van der Waals surface area contributed by atoms with Gasteiger partial charge in [-0.2, -0.15) is 0 Å². The van der Waals surface area contributed by atoms with Crippen LogP contribution in [0.3, 0.4) is 0 Å². The van der Waals surface area contributed by atoms with Crippen LogP contribution < -0.4 is 5.11 Å². The normalized spacial score (nSPS) is 14.0. The Morgan fingerprint density at radius 2 is 1.26 bits per heavy atom. The quantitative estimate of drug-likeness (QED) is 0.0609. The Kier molecular flexibility index (Phi) is 23.9. The monoisotopic (exact) mass is 589 g/mol. The average molecular weight is 590 g/mol. The summed E-state index contributed by atoms with van der Waals surface area (Å²) in [5.41, 5.74) is 0. The number of carboxylic acid groups (broad SMARTS) is 1. The van der Waals surface area contributed by atoms with Gasteiger partial charge in [0.1, 0.15) is 12.6 Å². The highest BCUT2D eigenvalue weighted by Crippen LogP contribution is 2.09. The molecule has 0 amide bonds. The topological polar surface area (TPSA) is 102 Å². The zero-order valence-electron chi connectivity index (χ0n) is 26.6. The molecule has 0 aliphatic carbocycles. The van der Waals surface area contributed by atoms with Crippen LogP contribution in [-0.4, -0.2) is 75.5 Å². The molecule has 0 fully saturated rings. The number of hydrogen-bond acceptors (Lipinski definition) is 7. The molecule has 0 aromatic carbocycles. The second kappa shape index (κ2) is 25.7. The van der Waals surface area contributed by atoms with E-state index in [-0.39, 0.29) is 49.5 Å². The van der Waals surface area contributed by atoms with Crippen molar-refractivity contribution in [2.45, 2.75) is 96.6 Å². The number of carbonyl (C=O) groups is 3. The first kappa shape index (κ1) is 39.0. The summed E-state index contributed by atoms with van der Waals surface area (Å²) >= 11 is 0. The van der Waals surface area contributed by atoms with Crippen LogP contribution in [0.2, 0.25) is 0 Å². The van der Waals surface area contributed by atoms with Crippen molar-refractivity contribution < 1.29 is 38.2 Å². The summed E-state index contributed by atoms with van der Waals surface area (Å²) in [6, 6.07) is -0.740. The molecule has 0 bridgehead atoms. The van der Waals surface area contributed by atoms with Crippen molar-refractivity contribution in [2.75, 3.05) is 41.0 Å². The van der Waals surface area contributed by atoms with E-state index in [1.54, 1.807) is 21.1 Å². The second-order valence-corrected chi connectivity index (χ2v) is 10.9. The van der Waals surface area contributed by atoms with E-state index in [0.717, 1.165) is 38.5 Å². The number of likely N-dealkylation sites (N-methyl/N-ethyl adjacent to an activating group) is 1. The molecule has 0 radical (unpaired) electrons. The number of aliphatic carboxylic acids is 1. The largest absolute Gasteiger partial charge is 0.544 e. The van der Waals surface area contributed by atoms with Crippen molar-refractivity contribution in [2.24, 2.45) is 0 Å². The van der Waals surface area contributed by atoms with Gasteiger partial charge in [0.2, 0.25) is 0 Å². The summed E-state index contributed by atoms with van der Waals surface area (Å²) in [6.07, 6.45) is 27.3. The maximum absolute atomic E-state index is 12.5. The minimum absolute atomic E-state index is 0.000716. The number of esters is 2. The second-order valence-electron chi connectivity index (χ2n) is 10.9. The lowest BCUT2D eigenvalue weighted by atomic mass is 10.1. The number of rotatable bonds is 25. The predicted molar refractivity (Wildman–Crippen MR) is 166 cm³/mol. The Labute approximate surface area is 254 Å². The molecule has 0 spiro atoms. The van der Waals surface area contributed by atoms with Crippen molar-refractivity contribution in [3.8, 4) is 0 Å². The third-order valence-electron chi connectivity index (χ3n) is 6.16. The lowest BCUT2D eigenvalue weighted by Gasteiger charge is -2.34. The molecular weight excluding hydrogens is 534 g/mol. The lowest BCUT2D eigenvalue weighted by Crippen LogP contribution is -2.55. The molecule has 0 aliphatic heterocycles. The molecule has 0 aromatic rings. The number of nitrogens with zero attached hydrogens (tertiary/aromatic N) is 1. The molecule has 2 unspecified atom stereocenters. The Balaban J connectivity index is 4.69. The summed E-state index contributed by atoms with van der Waals surface area (Å²) in [5.74, 6) is -1.92. The first-order chi connectivity index (χ1) is 20.1. The molecule has 0 heterocycles. The number of carboxylic acids is 1. The van der Waals surface area contributed by atoms with Crippen molar-refractivity contribution in [1.82, 2.24) is 0 Å². The highest BCUT2D eigenvalue weighted by molar-refractivity contribution is 5.70. The molecule has 0 aromatic heterocycles. The first-order valence-electron chi connectivity index (χ1n) is 15.3. The van der Waals surface area contributed by atoms with Gasteiger partial charge in [0.25, 0.3) is 0 Å². The van der Waals surface area contributed by atoms with Crippen LogP contribution >= 0.6 is 0 Å². The van der Waals surface area contributed by atoms with Crippen molar-refractivity contribution in [3.05, 3.63) is 60.8 Å². The van der Waals surface area contributed by atoms with E-state index >= 15 is 0 Å². The summed E-state index contributed by atoms with van der Waals surface area (Å²) in [5, 5.41) is 11.5. The van der Waals surface area contributed by atoms with E-state index in [1.807, 2.05) is 12.2 Å². The number of quaternary nitrogens is 1. The zero-order chi connectivity index (χ0) is 31.5. The van der Waals surface area contributed by atoms with Crippen LogP contribution in [-0.2, 0) is 28.6 Å². The lowest BCUT2D eigenvalue weighted by molar-refractivity contribution is -0.889. The van der Waals surface area contributed by atoms with E-state index in [1.165, 1.54) is 0 Å². The number of allylic oxidation sites excluding steroid dienone is 10. The van der Waals surface area contributed by atoms with Gasteiger partial charge < -0.3 is 28.6 Å². The number of ether oxygens (including phenoxy) is 3. The fourth-order valence-electron chi connectivity index (χ4n) is 3.80. The molecule has 0 aliphatic rings. The van der Waals surface area contributed by atoms with Gasteiger partial charge in [0.05, 0.1) is 40.3 Å². The molecule has 0 saturated carbocycles. The van der Waals surface area contributed by atoms with Gasteiger partial charge in [0, 0.05) is 19.3 Å². The van der Waals surface area contributed by atoms with Crippen LogP contribution in [0.25, 0.3) is 0 Å². The molecule has 0 N–H and O–H groups in total. The number of carbonyl (C=O) groups excluding carboxylic acids is 3. The molecule has 0 rings (SSSR count). The highest BCUT2D eigenvalue weighted by atomic mass is 16.6. The SMILES string of the molecule is CC/C=C/C/C=C/C/C=C/CCCC(=O)OC(COCCC(C(=O)[O-])[N+](C)(C)C)COC(=O)CC/C=C/C/C=C/CC. The molecule has 8 nitrogen and oxygen atoms in total. The van der Waals surface area contributed by atoms with E-state index in [9.17, 15) is 19.5 Å².